The summed E-state index contributed by atoms with van der Waals surface area (Å²) in [6, 6.07) is 4.40. The zero-order valence-corrected chi connectivity index (χ0v) is 19.3. The fourth-order valence-electron chi connectivity index (χ4n) is 3.67. The number of halogens is 1. The van der Waals surface area contributed by atoms with Crippen LogP contribution >= 0.6 is 24.0 Å². The molecule has 2 aliphatic heterocycles. The van der Waals surface area contributed by atoms with Crippen molar-refractivity contribution in [1.29, 1.82) is 0 Å². The maximum Gasteiger partial charge on any atom is 0.191 e. The number of nitrogens with one attached hydrogen (secondary N) is 2. The van der Waals surface area contributed by atoms with Crippen molar-refractivity contribution < 1.29 is 9.15 Å². The molecule has 1 aromatic heterocycles. The smallest absolute Gasteiger partial charge is 0.191 e. The minimum absolute atomic E-state index is 0. The number of ether oxygens (including phenoxy) is 1. The van der Waals surface area contributed by atoms with Gasteiger partial charge in [0.15, 0.2) is 5.96 Å². The van der Waals surface area contributed by atoms with Crippen LogP contribution in [0.25, 0.3) is 0 Å². The molecule has 0 aliphatic carbocycles. The van der Waals surface area contributed by atoms with Crippen molar-refractivity contribution in [1.82, 2.24) is 15.5 Å². The van der Waals surface area contributed by atoms with E-state index in [9.17, 15) is 0 Å². The molecule has 0 bridgehead atoms. The van der Waals surface area contributed by atoms with Gasteiger partial charge in [-0.05, 0) is 44.2 Å². The molecule has 0 saturated carbocycles. The third-order valence-electron chi connectivity index (χ3n) is 5.22. The molecule has 7 heteroatoms. The van der Waals surface area contributed by atoms with E-state index in [4.69, 9.17) is 9.15 Å². The number of hydrogen-bond acceptors (Lipinski definition) is 4. The minimum atomic E-state index is 0. The van der Waals surface area contributed by atoms with Crippen molar-refractivity contribution in [2.24, 2.45) is 10.9 Å². The first-order valence-corrected chi connectivity index (χ1v) is 10.2. The summed E-state index contributed by atoms with van der Waals surface area (Å²) in [6.45, 7) is 12.8. The number of furan rings is 1. The molecule has 0 radical (unpaired) electrons. The molecular weight excluding hydrogens is 467 g/mol. The van der Waals surface area contributed by atoms with Gasteiger partial charge in [-0.3, -0.25) is 0 Å². The van der Waals surface area contributed by atoms with Crippen LogP contribution in [0.5, 0.6) is 0 Å². The highest BCUT2D eigenvalue weighted by Gasteiger charge is 2.24. The van der Waals surface area contributed by atoms with E-state index in [2.05, 4.69) is 27.1 Å². The zero-order valence-electron chi connectivity index (χ0n) is 17.0. The first-order chi connectivity index (χ1) is 13.2. The number of hydrogen-bond donors (Lipinski definition) is 2. The predicted octanol–water partition coefficient (Wildman–Crippen LogP) is 3.05. The summed E-state index contributed by atoms with van der Waals surface area (Å²) in [5.74, 6) is 2.60. The number of rotatable bonds is 8. The molecule has 3 rings (SSSR count). The standard InChI is InChI=1S/C21H34N4O2.HI/c1-17(2)14-23-21(22-9-5-20-4-3-12-27-20)24-19-6-10-25(11-7-19)15-18-8-13-26-16-18;/h3-4,12,18-19H,1,5-11,13-16H2,2H3,(H2,22,23,24);1H. The summed E-state index contributed by atoms with van der Waals surface area (Å²) in [4.78, 5) is 7.26. The van der Waals surface area contributed by atoms with E-state index in [-0.39, 0.29) is 24.0 Å². The Labute approximate surface area is 186 Å². The molecule has 0 aromatic carbocycles. The van der Waals surface area contributed by atoms with Crippen molar-refractivity contribution in [3.05, 3.63) is 36.3 Å². The average molecular weight is 502 g/mol. The third kappa shape index (κ3) is 8.13. The van der Waals surface area contributed by atoms with Crippen molar-refractivity contribution in [3.63, 3.8) is 0 Å². The molecule has 2 N–H and O–H groups in total. The largest absolute Gasteiger partial charge is 0.469 e. The average Bonchev–Trinajstić information content (AvgIpc) is 3.35. The molecule has 2 aliphatic rings. The van der Waals surface area contributed by atoms with E-state index in [1.807, 2.05) is 19.1 Å². The predicted molar refractivity (Wildman–Crippen MR) is 124 cm³/mol. The highest BCUT2D eigenvalue weighted by Crippen LogP contribution is 2.17. The van der Waals surface area contributed by atoms with Gasteiger partial charge in [-0.2, -0.15) is 0 Å². The molecule has 158 valence electrons. The fraction of sp³-hybridized carbons (Fsp3) is 0.667. The highest BCUT2D eigenvalue weighted by atomic mass is 127. The van der Waals surface area contributed by atoms with E-state index in [1.165, 1.54) is 13.0 Å². The van der Waals surface area contributed by atoms with Crippen molar-refractivity contribution in [2.75, 3.05) is 45.9 Å². The molecule has 3 heterocycles. The first kappa shape index (κ1) is 23.2. The molecule has 2 fully saturated rings. The van der Waals surface area contributed by atoms with Gasteiger partial charge in [0.25, 0.3) is 0 Å². The van der Waals surface area contributed by atoms with Gasteiger partial charge in [0, 0.05) is 45.2 Å². The van der Waals surface area contributed by atoms with Crippen LogP contribution in [0.2, 0.25) is 0 Å². The van der Waals surface area contributed by atoms with Crippen LogP contribution in [0.3, 0.4) is 0 Å². The molecule has 1 atom stereocenters. The van der Waals surface area contributed by atoms with Gasteiger partial charge in [-0.15, -0.1) is 24.0 Å². The number of aliphatic imine (C=N–C) groups is 1. The van der Waals surface area contributed by atoms with E-state index >= 15 is 0 Å². The fourth-order valence-corrected chi connectivity index (χ4v) is 3.67. The van der Waals surface area contributed by atoms with Crippen molar-refractivity contribution in [2.45, 2.75) is 38.6 Å². The lowest BCUT2D eigenvalue weighted by Crippen LogP contribution is -2.49. The van der Waals surface area contributed by atoms with E-state index in [0.29, 0.717) is 12.6 Å². The normalized spacial score (nSPS) is 21.3. The summed E-state index contributed by atoms with van der Waals surface area (Å²) in [5, 5.41) is 7.06. The zero-order chi connectivity index (χ0) is 18.9. The Kier molecular flexibility index (Phi) is 10.4. The Hall–Kier alpha value is -1.06. The van der Waals surface area contributed by atoms with Crippen LogP contribution in [0.1, 0.15) is 31.9 Å². The summed E-state index contributed by atoms with van der Waals surface area (Å²) >= 11 is 0. The Morgan fingerprint density at radius 2 is 2.14 bits per heavy atom. The van der Waals surface area contributed by atoms with Gasteiger partial charge in [-0.1, -0.05) is 12.2 Å². The van der Waals surface area contributed by atoms with Crippen LogP contribution < -0.4 is 10.6 Å². The Balaban J connectivity index is 0.00000280. The van der Waals surface area contributed by atoms with E-state index in [0.717, 1.165) is 75.3 Å². The Morgan fingerprint density at radius 1 is 1.32 bits per heavy atom. The maximum atomic E-state index is 5.51. The molecule has 1 unspecified atom stereocenters. The van der Waals surface area contributed by atoms with Crippen LogP contribution in [-0.4, -0.2) is 62.8 Å². The summed E-state index contributed by atoms with van der Waals surface area (Å²) in [7, 11) is 0. The molecule has 0 amide bonds. The lowest BCUT2D eigenvalue weighted by atomic mass is 10.0. The van der Waals surface area contributed by atoms with Gasteiger partial charge in [0.1, 0.15) is 5.76 Å². The highest BCUT2D eigenvalue weighted by molar-refractivity contribution is 14.0. The number of nitrogens with zero attached hydrogens (tertiary/aromatic N) is 2. The van der Waals surface area contributed by atoms with Gasteiger partial charge in [0.2, 0.25) is 0 Å². The quantitative estimate of drug-likeness (QED) is 0.248. The van der Waals surface area contributed by atoms with Gasteiger partial charge < -0.3 is 24.7 Å². The molecule has 1 aromatic rings. The topological polar surface area (TPSA) is 62.0 Å². The molecule has 28 heavy (non-hydrogen) atoms. The molecular formula is C21H35IN4O2. The lowest BCUT2D eigenvalue weighted by molar-refractivity contribution is 0.150. The Morgan fingerprint density at radius 3 is 2.79 bits per heavy atom. The van der Waals surface area contributed by atoms with Gasteiger partial charge >= 0.3 is 0 Å². The lowest BCUT2D eigenvalue weighted by Gasteiger charge is -2.34. The van der Waals surface area contributed by atoms with E-state index in [1.54, 1.807) is 6.26 Å². The summed E-state index contributed by atoms with van der Waals surface area (Å²) in [6.07, 6.45) is 6.09. The van der Waals surface area contributed by atoms with Crippen molar-refractivity contribution >= 4 is 29.9 Å². The number of likely N-dealkylation sites (tertiary alicyclic amines) is 1. The second-order valence-electron chi connectivity index (χ2n) is 7.83. The van der Waals surface area contributed by atoms with Crippen LogP contribution in [0.15, 0.2) is 40.0 Å². The second kappa shape index (κ2) is 12.5. The minimum Gasteiger partial charge on any atom is -0.469 e. The second-order valence-corrected chi connectivity index (χ2v) is 7.83. The maximum absolute atomic E-state index is 5.51. The van der Waals surface area contributed by atoms with Crippen LogP contribution in [0.4, 0.5) is 0 Å². The molecule has 6 nitrogen and oxygen atoms in total. The third-order valence-corrected chi connectivity index (χ3v) is 5.22. The number of guanidine groups is 1. The van der Waals surface area contributed by atoms with Crippen LogP contribution in [-0.2, 0) is 11.2 Å². The van der Waals surface area contributed by atoms with Gasteiger partial charge in [0.05, 0.1) is 19.4 Å². The van der Waals surface area contributed by atoms with Gasteiger partial charge in [-0.25, -0.2) is 4.99 Å². The first-order valence-electron chi connectivity index (χ1n) is 10.2. The monoisotopic (exact) mass is 502 g/mol. The van der Waals surface area contributed by atoms with Crippen LogP contribution in [0, 0.1) is 5.92 Å². The number of piperidine rings is 1. The summed E-state index contributed by atoms with van der Waals surface area (Å²) in [5.41, 5.74) is 1.07. The SMILES string of the molecule is C=C(C)CN=C(NCCc1ccco1)NC1CCN(CC2CCOC2)CC1.I. The van der Waals surface area contributed by atoms with E-state index < -0.39 is 0 Å². The molecule has 0 spiro atoms. The summed E-state index contributed by atoms with van der Waals surface area (Å²) < 4.78 is 10.9. The van der Waals surface area contributed by atoms with Crippen molar-refractivity contribution in [3.8, 4) is 0 Å². The Bertz CT molecular complexity index is 592. The molecule has 2 saturated heterocycles.